The third-order valence-electron chi connectivity index (χ3n) is 2.09. The van der Waals surface area contributed by atoms with Gasteiger partial charge in [-0.15, -0.1) is 0 Å². The van der Waals surface area contributed by atoms with Crippen LogP contribution in [0.25, 0.3) is 0 Å². The Labute approximate surface area is 118 Å². The number of alkyl halides is 3. The minimum absolute atomic E-state index is 0.156. The van der Waals surface area contributed by atoms with Crippen LogP contribution in [-0.4, -0.2) is 29.0 Å². The molecular formula is C11H14ClF3N4O. The van der Waals surface area contributed by atoms with Crippen LogP contribution in [0.3, 0.4) is 0 Å². The third kappa shape index (κ3) is 5.60. The summed E-state index contributed by atoms with van der Waals surface area (Å²) >= 11 is 5.48. The fraction of sp³-hybridized carbons (Fsp3) is 0.545. The molecule has 2 N–H and O–H groups in total. The molecule has 0 spiro atoms. The molecule has 0 atom stereocenters. The number of amides is 1. The Kier molecular flexibility index (Phi) is 5.55. The second-order valence-corrected chi connectivity index (χ2v) is 4.84. The highest BCUT2D eigenvalue weighted by Gasteiger charge is 2.35. The molecule has 0 saturated heterocycles. The molecule has 0 bridgehead atoms. The molecule has 0 radical (unpaired) electrons. The average Bonchev–Trinajstić information content (AvgIpc) is 2.32. The van der Waals surface area contributed by atoms with Gasteiger partial charge in [-0.1, -0.05) is 25.4 Å². The van der Waals surface area contributed by atoms with Crippen molar-refractivity contribution in [2.45, 2.75) is 20.0 Å². The van der Waals surface area contributed by atoms with Crippen LogP contribution in [-0.2, 0) is 11.0 Å². The molecule has 1 aromatic rings. The van der Waals surface area contributed by atoms with Crippen molar-refractivity contribution < 1.29 is 18.0 Å². The molecule has 1 aromatic heterocycles. The summed E-state index contributed by atoms with van der Waals surface area (Å²) in [6, 6.07) is 1.12. The molecule has 0 saturated carbocycles. The van der Waals surface area contributed by atoms with Gasteiger partial charge in [-0.05, 0) is 5.92 Å². The smallest absolute Gasteiger partial charge is 0.361 e. The van der Waals surface area contributed by atoms with Gasteiger partial charge in [-0.25, -0.2) is 9.97 Å². The quantitative estimate of drug-likeness (QED) is 0.819. The first-order chi connectivity index (χ1) is 9.18. The van der Waals surface area contributed by atoms with Crippen molar-refractivity contribution in [1.82, 2.24) is 15.3 Å². The van der Waals surface area contributed by atoms with Gasteiger partial charge >= 0.3 is 6.18 Å². The molecule has 112 valence electrons. The van der Waals surface area contributed by atoms with E-state index in [9.17, 15) is 18.0 Å². The average molecular weight is 311 g/mol. The second-order valence-electron chi connectivity index (χ2n) is 4.45. The van der Waals surface area contributed by atoms with Crippen LogP contribution in [0.4, 0.5) is 19.0 Å². The Morgan fingerprint density at radius 3 is 2.60 bits per heavy atom. The molecule has 0 aliphatic heterocycles. The molecule has 9 heteroatoms. The van der Waals surface area contributed by atoms with Crippen LogP contribution >= 0.6 is 11.6 Å². The zero-order valence-electron chi connectivity index (χ0n) is 10.9. The highest BCUT2D eigenvalue weighted by molar-refractivity contribution is 6.29. The monoisotopic (exact) mass is 310 g/mol. The number of aromatic nitrogens is 2. The molecule has 0 fully saturated rings. The number of halogens is 4. The number of hydrogen-bond donors (Lipinski definition) is 2. The summed E-state index contributed by atoms with van der Waals surface area (Å²) in [5, 5.41) is 4.74. The number of anilines is 1. The fourth-order valence-electron chi connectivity index (χ4n) is 1.19. The van der Waals surface area contributed by atoms with Crippen LogP contribution in [0.2, 0.25) is 5.15 Å². The van der Waals surface area contributed by atoms with E-state index in [-0.39, 0.29) is 29.3 Å². The van der Waals surface area contributed by atoms with Gasteiger partial charge in [0.05, 0.1) is 6.54 Å². The van der Waals surface area contributed by atoms with Crippen LogP contribution in [0.15, 0.2) is 6.07 Å². The summed E-state index contributed by atoms with van der Waals surface area (Å²) in [6.07, 6.45) is -4.69. The largest absolute Gasteiger partial charge is 0.451 e. The van der Waals surface area contributed by atoms with E-state index in [1.165, 1.54) is 0 Å². The predicted molar refractivity (Wildman–Crippen MR) is 68.4 cm³/mol. The van der Waals surface area contributed by atoms with E-state index in [0.29, 0.717) is 6.54 Å². The van der Waals surface area contributed by atoms with Gasteiger partial charge < -0.3 is 10.6 Å². The molecule has 0 aromatic carbocycles. The van der Waals surface area contributed by atoms with E-state index in [0.717, 1.165) is 6.07 Å². The maximum atomic E-state index is 12.5. The Hall–Kier alpha value is -1.57. The van der Waals surface area contributed by atoms with Crippen molar-refractivity contribution in [3.8, 4) is 0 Å². The van der Waals surface area contributed by atoms with Gasteiger partial charge in [0.25, 0.3) is 0 Å². The summed E-state index contributed by atoms with van der Waals surface area (Å²) in [7, 11) is 0. The zero-order valence-corrected chi connectivity index (χ0v) is 11.6. The SMILES string of the molecule is CC(C)CNC(=O)CNc1cc(Cl)nc(C(F)(F)F)n1. The van der Waals surface area contributed by atoms with Gasteiger partial charge in [0.2, 0.25) is 11.7 Å². The highest BCUT2D eigenvalue weighted by atomic mass is 35.5. The summed E-state index contributed by atoms with van der Waals surface area (Å²) < 4.78 is 37.4. The molecule has 0 unspecified atom stereocenters. The first-order valence-electron chi connectivity index (χ1n) is 5.81. The molecule has 0 aliphatic carbocycles. The van der Waals surface area contributed by atoms with Crippen LogP contribution < -0.4 is 10.6 Å². The van der Waals surface area contributed by atoms with Crippen molar-refractivity contribution in [3.05, 3.63) is 17.0 Å². The third-order valence-corrected chi connectivity index (χ3v) is 2.28. The maximum absolute atomic E-state index is 12.5. The minimum Gasteiger partial charge on any atom is -0.361 e. The molecular weight excluding hydrogens is 297 g/mol. The van der Waals surface area contributed by atoms with Crippen molar-refractivity contribution in [2.24, 2.45) is 5.92 Å². The van der Waals surface area contributed by atoms with E-state index < -0.39 is 12.0 Å². The standard InChI is InChI=1S/C11H14ClF3N4O/c1-6(2)4-17-9(20)5-16-8-3-7(12)18-10(19-8)11(13,14)15/h3,6H,4-5H2,1-2H3,(H,17,20)(H,16,18,19). The van der Waals surface area contributed by atoms with E-state index >= 15 is 0 Å². The van der Waals surface area contributed by atoms with Crippen LogP contribution in [0.5, 0.6) is 0 Å². The molecule has 1 rings (SSSR count). The summed E-state index contributed by atoms with van der Waals surface area (Å²) in [5.41, 5.74) is 0. The van der Waals surface area contributed by atoms with Crippen molar-refractivity contribution in [3.63, 3.8) is 0 Å². The van der Waals surface area contributed by atoms with Gasteiger partial charge in [0, 0.05) is 12.6 Å². The first-order valence-corrected chi connectivity index (χ1v) is 6.18. The summed E-state index contributed by atoms with van der Waals surface area (Å²) in [6.45, 7) is 4.14. The summed E-state index contributed by atoms with van der Waals surface area (Å²) in [4.78, 5) is 17.8. The Bertz CT molecular complexity index is 479. The predicted octanol–water partition coefficient (Wildman–Crippen LogP) is 2.33. The molecule has 20 heavy (non-hydrogen) atoms. The zero-order chi connectivity index (χ0) is 15.3. The Morgan fingerprint density at radius 2 is 2.05 bits per heavy atom. The number of nitrogens with zero attached hydrogens (tertiary/aromatic N) is 2. The van der Waals surface area contributed by atoms with E-state index in [4.69, 9.17) is 11.6 Å². The van der Waals surface area contributed by atoms with Gasteiger partial charge in [-0.3, -0.25) is 4.79 Å². The van der Waals surface area contributed by atoms with E-state index in [1.807, 2.05) is 13.8 Å². The van der Waals surface area contributed by atoms with Gasteiger partial charge in [0.1, 0.15) is 11.0 Å². The van der Waals surface area contributed by atoms with Crippen molar-refractivity contribution >= 4 is 23.3 Å². The normalized spacial score (nSPS) is 11.6. The highest BCUT2D eigenvalue weighted by Crippen LogP contribution is 2.28. The molecule has 1 heterocycles. The van der Waals surface area contributed by atoms with Crippen molar-refractivity contribution in [2.75, 3.05) is 18.4 Å². The first kappa shape index (κ1) is 16.5. The number of nitrogens with one attached hydrogen (secondary N) is 2. The minimum atomic E-state index is -4.69. The molecule has 0 aliphatic rings. The lowest BCUT2D eigenvalue weighted by Gasteiger charge is -2.10. The van der Waals surface area contributed by atoms with E-state index in [1.54, 1.807) is 0 Å². The van der Waals surface area contributed by atoms with Crippen molar-refractivity contribution in [1.29, 1.82) is 0 Å². The number of hydrogen-bond acceptors (Lipinski definition) is 4. The molecule has 1 amide bonds. The topological polar surface area (TPSA) is 66.9 Å². The Morgan fingerprint density at radius 1 is 1.40 bits per heavy atom. The lowest BCUT2D eigenvalue weighted by Crippen LogP contribution is -2.32. The number of rotatable bonds is 5. The summed E-state index contributed by atoms with van der Waals surface area (Å²) in [5.74, 6) is -1.57. The van der Waals surface area contributed by atoms with Gasteiger partial charge in [0.15, 0.2) is 0 Å². The fourth-order valence-corrected chi connectivity index (χ4v) is 1.37. The van der Waals surface area contributed by atoms with E-state index in [2.05, 4.69) is 20.6 Å². The molecule has 5 nitrogen and oxygen atoms in total. The maximum Gasteiger partial charge on any atom is 0.451 e. The lowest BCUT2D eigenvalue weighted by atomic mass is 10.2. The van der Waals surface area contributed by atoms with Crippen LogP contribution in [0, 0.1) is 5.92 Å². The number of carbonyl (C=O) groups excluding carboxylic acids is 1. The number of carbonyl (C=O) groups is 1. The Balaban J connectivity index is 2.64. The second kappa shape index (κ2) is 6.74. The van der Waals surface area contributed by atoms with Crippen LogP contribution in [0.1, 0.15) is 19.7 Å². The lowest BCUT2D eigenvalue weighted by molar-refractivity contribution is -0.144. The van der Waals surface area contributed by atoms with Gasteiger partial charge in [-0.2, -0.15) is 13.2 Å².